The highest BCUT2D eigenvalue weighted by Crippen LogP contribution is 2.25. The summed E-state index contributed by atoms with van der Waals surface area (Å²) in [6.45, 7) is -1.02. The SMILES string of the molecule is Nc1cc(N)cc(C(=O)OCCCCCCOC(=O)C=Cc2ccc(OC(=O)c3ccc(OCC(F)(F)C(F)F)cc3)cc2)c1. The molecule has 0 aliphatic heterocycles. The van der Waals surface area contributed by atoms with Gasteiger partial charge in [0.2, 0.25) is 0 Å². The van der Waals surface area contributed by atoms with Crippen LogP contribution in [-0.2, 0) is 14.3 Å². The lowest BCUT2D eigenvalue weighted by Gasteiger charge is -2.16. The fraction of sp³-hybridized carbons (Fsp3) is 0.281. The van der Waals surface area contributed by atoms with Crippen LogP contribution >= 0.6 is 0 Å². The minimum atomic E-state index is -4.29. The molecule has 0 aromatic heterocycles. The Morgan fingerprint density at radius 2 is 1.31 bits per heavy atom. The van der Waals surface area contributed by atoms with Crippen LogP contribution in [0, 0.1) is 0 Å². The van der Waals surface area contributed by atoms with Crippen LogP contribution in [0.25, 0.3) is 6.08 Å². The number of halogens is 4. The van der Waals surface area contributed by atoms with E-state index in [1.165, 1.54) is 60.7 Å². The molecule has 0 bridgehead atoms. The van der Waals surface area contributed by atoms with Crippen molar-refractivity contribution in [3.8, 4) is 11.5 Å². The van der Waals surface area contributed by atoms with E-state index in [4.69, 9.17) is 25.7 Å². The summed E-state index contributed by atoms with van der Waals surface area (Å²) in [7, 11) is 0. The molecule has 0 aliphatic carbocycles. The average Bonchev–Trinajstić information content (AvgIpc) is 3.00. The Balaban J connectivity index is 1.30. The van der Waals surface area contributed by atoms with Crippen LogP contribution in [0.15, 0.2) is 72.8 Å². The molecule has 4 N–H and O–H groups in total. The lowest BCUT2D eigenvalue weighted by Crippen LogP contribution is -2.33. The average molecular weight is 633 g/mol. The summed E-state index contributed by atoms with van der Waals surface area (Å²) < 4.78 is 70.7. The van der Waals surface area contributed by atoms with E-state index in [9.17, 15) is 31.9 Å². The van der Waals surface area contributed by atoms with Crippen molar-refractivity contribution in [2.45, 2.75) is 38.0 Å². The quantitative estimate of drug-likeness (QED) is 0.0463. The van der Waals surface area contributed by atoms with Crippen molar-refractivity contribution >= 4 is 35.4 Å². The third-order valence-corrected chi connectivity index (χ3v) is 6.07. The van der Waals surface area contributed by atoms with E-state index in [-0.39, 0.29) is 30.3 Å². The molecule has 0 radical (unpaired) electrons. The Labute approximate surface area is 256 Å². The molecule has 0 unspecified atom stereocenters. The fourth-order valence-electron chi connectivity index (χ4n) is 3.73. The first-order valence-electron chi connectivity index (χ1n) is 13.8. The van der Waals surface area contributed by atoms with Crippen LogP contribution in [0.1, 0.15) is 52.0 Å². The molecule has 0 fully saturated rings. The zero-order chi connectivity index (χ0) is 32.8. The van der Waals surface area contributed by atoms with Gasteiger partial charge in [-0.2, -0.15) is 8.78 Å². The number of alkyl halides is 4. The molecule has 0 saturated carbocycles. The number of nitrogen functional groups attached to an aromatic ring is 2. The molecule has 0 spiro atoms. The minimum Gasteiger partial charge on any atom is -0.487 e. The number of carbonyl (C=O) groups excluding carboxylic acids is 3. The highest BCUT2D eigenvalue weighted by Gasteiger charge is 2.41. The first-order valence-corrected chi connectivity index (χ1v) is 13.8. The normalized spacial score (nSPS) is 11.4. The lowest BCUT2D eigenvalue weighted by molar-refractivity contribution is -0.148. The summed E-state index contributed by atoms with van der Waals surface area (Å²) in [5, 5.41) is 0. The minimum absolute atomic E-state index is 0.0816. The summed E-state index contributed by atoms with van der Waals surface area (Å²) in [5.41, 5.74) is 13.1. The van der Waals surface area contributed by atoms with Crippen LogP contribution in [0.2, 0.25) is 0 Å². The molecule has 0 saturated heterocycles. The molecule has 0 amide bonds. The number of carbonyl (C=O) groups is 3. The van der Waals surface area contributed by atoms with Crippen LogP contribution in [-0.4, -0.2) is 50.1 Å². The van der Waals surface area contributed by atoms with Crippen molar-refractivity contribution in [2.75, 3.05) is 31.3 Å². The molecular formula is C32H32F4N2O7. The molecular weight excluding hydrogens is 600 g/mol. The lowest BCUT2D eigenvalue weighted by atomic mass is 10.2. The van der Waals surface area contributed by atoms with Gasteiger partial charge in [0.1, 0.15) is 11.5 Å². The van der Waals surface area contributed by atoms with Gasteiger partial charge in [-0.3, -0.25) is 0 Å². The third-order valence-electron chi connectivity index (χ3n) is 6.07. The number of anilines is 2. The van der Waals surface area contributed by atoms with Crippen molar-refractivity contribution in [1.82, 2.24) is 0 Å². The maximum absolute atomic E-state index is 13.0. The summed E-state index contributed by atoms with van der Waals surface area (Å²) in [4.78, 5) is 36.4. The zero-order valence-electron chi connectivity index (χ0n) is 24.1. The van der Waals surface area contributed by atoms with Crippen molar-refractivity contribution < 1.29 is 50.9 Å². The highest BCUT2D eigenvalue weighted by molar-refractivity contribution is 5.92. The van der Waals surface area contributed by atoms with Gasteiger partial charge in [-0.15, -0.1) is 0 Å². The zero-order valence-corrected chi connectivity index (χ0v) is 24.1. The third kappa shape index (κ3) is 11.9. The standard InChI is InChI=1S/C32H32F4N2O7/c33-31(34)32(35,36)20-44-26-12-8-22(9-13-26)30(41)45-27-10-5-21(6-11-27)7-14-28(39)42-15-3-1-2-4-16-43-29(40)23-17-24(37)19-25(38)18-23/h5-14,17-19,31H,1-4,15-16,20,37-38H2. The number of esters is 3. The Hall–Kier alpha value is -5.07. The van der Waals surface area contributed by atoms with Gasteiger partial charge in [0.15, 0.2) is 6.61 Å². The van der Waals surface area contributed by atoms with Gasteiger partial charge in [0, 0.05) is 17.5 Å². The van der Waals surface area contributed by atoms with Gasteiger partial charge in [0.05, 0.1) is 24.3 Å². The maximum Gasteiger partial charge on any atom is 0.343 e. The summed E-state index contributed by atoms with van der Waals surface area (Å²) in [6, 6.07) is 15.7. The highest BCUT2D eigenvalue weighted by atomic mass is 19.3. The molecule has 3 aromatic carbocycles. The maximum atomic E-state index is 13.0. The molecule has 13 heteroatoms. The number of rotatable bonds is 16. The molecule has 3 aromatic rings. The summed E-state index contributed by atoms with van der Waals surface area (Å²) >= 11 is 0. The van der Waals surface area contributed by atoms with E-state index in [0.717, 1.165) is 12.8 Å². The fourth-order valence-corrected chi connectivity index (χ4v) is 3.73. The largest absolute Gasteiger partial charge is 0.487 e. The Kier molecular flexibility index (Phi) is 12.8. The Bertz CT molecular complexity index is 1440. The Morgan fingerprint density at radius 1 is 0.733 bits per heavy atom. The number of benzene rings is 3. The van der Waals surface area contributed by atoms with E-state index in [1.807, 2.05) is 0 Å². The first-order chi connectivity index (χ1) is 21.4. The predicted molar refractivity (Wildman–Crippen MR) is 158 cm³/mol. The summed E-state index contributed by atoms with van der Waals surface area (Å²) in [6.07, 6.45) is 1.80. The second-order valence-corrected chi connectivity index (χ2v) is 9.77. The van der Waals surface area contributed by atoms with Crippen LogP contribution in [0.5, 0.6) is 11.5 Å². The second-order valence-electron chi connectivity index (χ2n) is 9.77. The molecule has 45 heavy (non-hydrogen) atoms. The summed E-state index contributed by atoms with van der Waals surface area (Å²) in [5.74, 6) is -5.95. The van der Waals surface area contributed by atoms with Gasteiger partial charge in [-0.05, 0) is 91.9 Å². The van der Waals surface area contributed by atoms with E-state index in [2.05, 4.69) is 4.74 Å². The van der Waals surface area contributed by atoms with E-state index < -0.39 is 36.9 Å². The van der Waals surface area contributed by atoms with Gasteiger partial charge >= 0.3 is 30.3 Å². The number of nitrogens with two attached hydrogens (primary N) is 2. The van der Waals surface area contributed by atoms with Gasteiger partial charge in [-0.25, -0.2) is 23.2 Å². The molecule has 240 valence electrons. The van der Waals surface area contributed by atoms with Crippen molar-refractivity contribution in [3.63, 3.8) is 0 Å². The Morgan fingerprint density at radius 3 is 1.91 bits per heavy atom. The smallest absolute Gasteiger partial charge is 0.343 e. The molecule has 9 nitrogen and oxygen atoms in total. The topological polar surface area (TPSA) is 140 Å². The molecule has 0 heterocycles. The van der Waals surface area contributed by atoms with Crippen molar-refractivity contribution in [1.29, 1.82) is 0 Å². The number of hydrogen-bond donors (Lipinski definition) is 2. The predicted octanol–water partition coefficient (Wildman–Crippen LogP) is 6.32. The van der Waals surface area contributed by atoms with E-state index in [1.54, 1.807) is 18.2 Å². The van der Waals surface area contributed by atoms with E-state index >= 15 is 0 Å². The molecule has 3 rings (SSSR count). The number of ether oxygens (including phenoxy) is 4. The van der Waals surface area contributed by atoms with Crippen LogP contribution < -0.4 is 20.9 Å². The second kappa shape index (κ2) is 16.7. The first kappa shape index (κ1) is 34.4. The van der Waals surface area contributed by atoms with Crippen LogP contribution in [0.4, 0.5) is 28.9 Å². The van der Waals surface area contributed by atoms with E-state index in [0.29, 0.717) is 35.3 Å². The monoisotopic (exact) mass is 632 g/mol. The van der Waals surface area contributed by atoms with Gasteiger partial charge in [0.25, 0.3) is 0 Å². The number of unbranched alkanes of at least 4 members (excludes halogenated alkanes) is 3. The van der Waals surface area contributed by atoms with Crippen LogP contribution in [0.3, 0.4) is 0 Å². The van der Waals surface area contributed by atoms with Crippen molar-refractivity contribution in [3.05, 3.63) is 89.5 Å². The number of hydrogen-bond acceptors (Lipinski definition) is 9. The molecule has 0 aliphatic rings. The van der Waals surface area contributed by atoms with Gasteiger partial charge in [-0.1, -0.05) is 12.1 Å². The van der Waals surface area contributed by atoms with Gasteiger partial charge < -0.3 is 30.4 Å². The van der Waals surface area contributed by atoms with Crippen molar-refractivity contribution in [2.24, 2.45) is 0 Å². The molecule has 0 atom stereocenters.